The lowest BCUT2D eigenvalue weighted by Gasteiger charge is -2.08. The molecule has 1 atom stereocenters. The highest BCUT2D eigenvalue weighted by Crippen LogP contribution is 2.30. The number of aliphatic carboxylic acids is 1. The predicted molar refractivity (Wildman–Crippen MR) is 87.3 cm³/mol. The van der Waals surface area contributed by atoms with Crippen LogP contribution in [0.1, 0.15) is 11.1 Å². The van der Waals surface area contributed by atoms with Gasteiger partial charge in [0.05, 0.1) is 5.02 Å². The number of aromatic hydroxyl groups is 1. The summed E-state index contributed by atoms with van der Waals surface area (Å²) in [6.07, 6.45) is 1.52. The third-order valence-corrected chi connectivity index (χ3v) is 3.51. The Morgan fingerprint density at radius 2 is 1.91 bits per heavy atom. The van der Waals surface area contributed by atoms with Crippen LogP contribution in [0.2, 0.25) is 10.0 Å². The zero-order chi connectivity index (χ0) is 16.1. The molecule has 2 N–H and O–H groups in total. The SMILES string of the molecule is O=C(O)[C@H](Cc1ccccc1)N=Cc1cc(Cl)cc(Cl)c1O. The molecule has 114 valence electrons. The average Bonchev–Trinajstić information content (AvgIpc) is 2.48. The standard InChI is InChI=1S/C16H13Cl2NO3/c17-12-7-11(15(20)13(18)8-12)9-19-14(16(21)22)6-10-4-2-1-3-5-10/h1-5,7-9,14,20H,6H2,(H,21,22)/t14-/m0/s1. The number of nitrogens with zero attached hydrogens (tertiary/aromatic N) is 1. The Kier molecular flexibility index (Phi) is 5.41. The summed E-state index contributed by atoms with van der Waals surface area (Å²) in [5.74, 6) is -1.23. The van der Waals surface area contributed by atoms with E-state index >= 15 is 0 Å². The van der Waals surface area contributed by atoms with E-state index in [-0.39, 0.29) is 22.8 Å². The van der Waals surface area contributed by atoms with Gasteiger partial charge in [-0.3, -0.25) is 4.99 Å². The molecular weight excluding hydrogens is 325 g/mol. The molecule has 0 saturated carbocycles. The van der Waals surface area contributed by atoms with Gasteiger partial charge in [0, 0.05) is 23.2 Å². The molecule has 0 heterocycles. The van der Waals surface area contributed by atoms with Crippen LogP contribution in [0.5, 0.6) is 5.75 Å². The highest BCUT2D eigenvalue weighted by atomic mass is 35.5. The molecule has 0 aliphatic heterocycles. The lowest BCUT2D eigenvalue weighted by molar-refractivity contribution is -0.138. The molecule has 6 heteroatoms. The maximum atomic E-state index is 11.3. The molecule has 0 aliphatic rings. The Hall–Kier alpha value is -2.04. The van der Waals surface area contributed by atoms with Crippen molar-refractivity contribution >= 4 is 35.4 Å². The zero-order valence-corrected chi connectivity index (χ0v) is 12.9. The summed E-state index contributed by atoms with van der Waals surface area (Å²) in [4.78, 5) is 15.3. The van der Waals surface area contributed by atoms with Crippen LogP contribution in [0.25, 0.3) is 0 Å². The van der Waals surface area contributed by atoms with Gasteiger partial charge in [0.15, 0.2) is 6.04 Å². The Bertz CT molecular complexity index is 702. The highest BCUT2D eigenvalue weighted by molar-refractivity contribution is 6.36. The number of halogens is 2. The Balaban J connectivity index is 2.23. The summed E-state index contributed by atoms with van der Waals surface area (Å²) in [6, 6.07) is 11.1. The van der Waals surface area contributed by atoms with Crippen molar-refractivity contribution in [1.29, 1.82) is 0 Å². The first-order chi connectivity index (χ1) is 10.5. The van der Waals surface area contributed by atoms with Gasteiger partial charge in [-0.25, -0.2) is 4.79 Å². The lowest BCUT2D eigenvalue weighted by Crippen LogP contribution is -2.20. The number of phenols is 1. The van der Waals surface area contributed by atoms with Crippen LogP contribution in [-0.4, -0.2) is 28.4 Å². The Morgan fingerprint density at radius 3 is 2.55 bits per heavy atom. The maximum Gasteiger partial charge on any atom is 0.328 e. The quantitative estimate of drug-likeness (QED) is 0.815. The van der Waals surface area contributed by atoms with Crippen molar-refractivity contribution in [2.75, 3.05) is 0 Å². The van der Waals surface area contributed by atoms with Gasteiger partial charge in [-0.2, -0.15) is 0 Å². The largest absolute Gasteiger partial charge is 0.506 e. The summed E-state index contributed by atoms with van der Waals surface area (Å²) in [7, 11) is 0. The first-order valence-electron chi connectivity index (χ1n) is 6.45. The number of phenolic OH excluding ortho intramolecular Hbond substituents is 1. The van der Waals surface area contributed by atoms with Gasteiger partial charge in [-0.1, -0.05) is 53.5 Å². The minimum Gasteiger partial charge on any atom is -0.506 e. The summed E-state index contributed by atoms with van der Waals surface area (Å²) in [5.41, 5.74) is 1.14. The molecule has 0 aromatic heterocycles. The van der Waals surface area contributed by atoms with Gasteiger partial charge >= 0.3 is 5.97 Å². The number of rotatable bonds is 5. The van der Waals surface area contributed by atoms with Gasteiger partial charge in [0.1, 0.15) is 5.75 Å². The van der Waals surface area contributed by atoms with E-state index in [0.29, 0.717) is 5.02 Å². The molecule has 0 aliphatic carbocycles. The van der Waals surface area contributed by atoms with Gasteiger partial charge in [-0.15, -0.1) is 0 Å². The lowest BCUT2D eigenvalue weighted by atomic mass is 10.1. The fourth-order valence-electron chi connectivity index (χ4n) is 1.90. The second-order valence-electron chi connectivity index (χ2n) is 4.65. The number of carboxylic acid groups (broad SMARTS) is 1. The molecule has 0 saturated heterocycles. The minimum atomic E-state index is -1.05. The molecule has 2 aromatic carbocycles. The van der Waals surface area contributed by atoms with Crippen molar-refractivity contribution in [2.24, 2.45) is 4.99 Å². The Labute approximate surface area is 137 Å². The summed E-state index contributed by atoms with van der Waals surface area (Å²) in [6.45, 7) is 0. The predicted octanol–water partition coefficient (Wildman–Crippen LogP) is 3.81. The molecule has 0 radical (unpaired) electrons. The third-order valence-electron chi connectivity index (χ3n) is 3.01. The van der Waals surface area contributed by atoms with E-state index in [1.54, 1.807) is 0 Å². The van der Waals surface area contributed by atoms with Crippen molar-refractivity contribution in [3.8, 4) is 5.75 Å². The van der Waals surface area contributed by atoms with Gasteiger partial charge in [-0.05, 0) is 17.7 Å². The molecule has 2 aromatic rings. The van der Waals surface area contributed by atoms with Crippen molar-refractivity contribution < 1.29 is 15.0 Å². The monoisotopic (exact) mass is 337 g/mol. The molecule has 0 bridgehead atoms. The van der Waals surface area contributed by atoms with E-state index < -0.39 is 12.0 Å². The summed E-state index contributed by atoms with van der Waals surface area (Å²) < 4.78 is 0. The zero-order valence-electron chi connectivity index (χ0n) is 11.4. The number of benzene rings is 2. The van der Waals surface area contributed by atoms with Crippen LogP contribution in [0.15, 0.2) is 47.5 Å². The first-order valence-corrected chi connectivity index (χ1v) is 7.21. The number of hydrogen-bond donors (Lipinski definition) is 2. The minimum absolute atomic E-state index is 0.0869. The number of carboxylic acids is 1. The van der Waals surface area contributed by atoms with Crippen LogP contribution in [0, 0.1) is 0 Å². The summed E-state index contributed by atoms with van der Waals surface area (Å²) in [5, 5.41) is 19.5. The van der Waals surface area contributed by atoms with Crippen LogP contribution in [-0.2, 0) is 11.2 Å². The fourth-order valence-corrected chi connectivity index (χ4v) is 2.40. The van der Waals surface area contributed by atoms with E-state index in [4.69, 9.17) is 23.2 Å². The van der Waals surface area contributed by atoms with Gasteiger partial charge in [0.25, 0.3) is 0 Å². The van der Waals surface area contributed by atoms with Crippen LogP contribution >= 0.6 is 23.2 Å². The number of aliphatic imine (C=N–C) groups is 1. The van der Waals surface area contributed by atoms with E-state index in [0.717, 1.165) is 5.56 Å². The average molecular weight is 338 g/mol. The molecule has 22 heavy (non-hydrogen) atoms. The van der Waals surface area contributed by atoms with Gasteiger partial charge in [0.2, 0.25) is 0 Å². The smallest absolute Gasteiger partial charge is 0.328 e. The second-order valence-corrected chi connectivity index (χ2v) is 5.49. The Morgan fingerprint density at radius 1 is 1.23 bits per heavy atom. The molecule has 0 fully saturated rings. The molecule has 0 spiro atoms. The van der Waals surface area contributed by atoms with Crippen molar-refractivity contribution in [1.82, 2.24) is 0 Å². The highest BCUT2D eigenvalue weighted by Gasteiger charge is 2.16. The molecule has 0 unspecified atom stereocenters. The number of carbonyl (C=O) groups is 1. The van der Waals surface area contributed by atoms with E-state index in [2.05, 4.69) is 4.99 Å². The molecule has 4 nitrogen and oxygen atoms in total. The van der Waals surface area contributed by atoms with Crippen LogP contribution in [0.4, 0.5) is 0 Å². The van der Waals surface area contributed by atoms with Crippen molar-refractivity contribution in [3.63, 3.8) is 0 Å². The maximum absolute atomic E-state index is 11.3. The van der Waals surface area contributed by atoms with Crippen molar-refractivity contribution in [3.05, 3.63) is 63.6 Å². The van der Waals surface area contributed by atoms with Gasteiger partial charge < -0.3 is 10.2 Å². The fraction of sp³-hybridized carbons (Fsp3) is 0.125. The normalized spacial score (nSPS) is 12.5. The molecule has 0 amide bonds. The number of hydrogen-bond acceptors (Lipinski definition) is 3. The van der Waals surface area contributed by atoms with E-state index in [1.165, 1.54) is 18.3 Å². The van der Waals surface area contributed by atoms with E-state index in [9.17, 15) is 15.0 Å². The second kappa shape index (κ2) is 7.29. The third kappa shape index (κ3) is 4.23. The van der Waals surface area contributed by atoms with Crippen LogP contribution < -0.4 is 0 Å². The topological polar surface area (TPSA) is 69.9 Å². The van der Waals surface area contributed by atoms with Crippen LogP contribution in [0.3, 0.4) is 0 Å². The molecular formula is C16H13Cl2NO3. The summed E-state index contributed by atoms with van der Waals surface area (Å²) >= 11 is 11.7. The molecule has 2 rings (SSSR count). The first kappa shape index (κ1) is 16.3. The van der Waals surface area contributed by atoms with E-state index in [1.807, 2.05) is 30.3 Å². The van der Waals surface area contributed by atoms with Crippen molar-refractivity contribution in [2.45, 2.75) is 12.5 Å².